The number of amides is 1. The first-order valence-electron chi connectivity index (χ1n) is 7.76. The summed E-state index contributed by atoms with van der Waals surface area (Å²) in [6, 6.07) is 16.9. The Morgan fingerprint density at radius 3 is 2.25 bits per heavy atom. The molecule has 5 heteroatoms. The SMILES string of the molecule is CC(C)OCc1ccc(NC(=O)C(C)(N)c2ccccc2)cc1.Cl. The smallest absolute Gasteiger partial charge is 0.248 e. The normalized spacial score (nSPS) is 13.0. The zero-order valence-corrected chi connectivity index (χ0v) is 15.1. The molecule has 1 atom stereocenters. The maximum atomic E-state index is 12.5. The van der Waals surface area contributed by atoms with Crippen LogP contribution in [0.3, 0.4) is 0 Å². The Balaban J connectivity index is 0.00000288. The summed E-state index contributed by atoms with van der Waals surface area (Å²) in [6.45, 7) is 6.27. The molecule has 3 N–H and O–H groups in total. The molecule has 0 bridgehead atoms. The summed E-state index contributed by atoms with van der Waals surface area (Å²) in [6.07, 6.45) is 0.193. The van der Waals surface area contributed by atoms with Crippen LogP contribution in [0.2, 0.25) is 0 Å². The van der Waals surface area contributed by atoms with E-state index < -0.39 is 5.54 Å². The second kappa shape index (κ2) is 8.83. The molecule has 0 fully saturated rings. The number of nitrogens with one attached hydrogen (secondary N) is 1. The molecule has 1 amide bonds. The highest BCUT2D eigenvalue weighted by Crippen LogP contribution is 2.20. The number of carbonyl (C=O) groups excluding carboxylic acids is 1. The Morgan fingerprint density at radius 1 is 1.12 bits per heavy atom. The van der Waals surface area contributed by atoms with Crippen molar-refractivity contribution < 1.29 is 9.53 Å². The second-order valence-corrected chi connectivity index (χ2v) is 6.08. The molecule has 24 heavy (non-hydrogen) atoms. The van der Waals surface area contributed by atoms with Gasteiger partial charge in [-0.15, -0.1) is 12.4 Å². The van der Waals surface area contributed by atoms with Gasteiger partial charge in [0.05, 0.1) is 12.7 Å². The van der Waals surface area contributed by atoms with Gasteiger partial charge in [0, 0.05) is 5.69 Å². The van der Waals surface area contributed by atoms with Crippen LogP contribution in [-0.4, -0.2) is 12.0 Å². The number of carbonyl (C=O) groups is 1. The van der Waals surface area contributed by atoms with Crippen LogP contribution in [0, 0.1) is 0 Å². The number of benzene rings is 2. The molecule has 2 aromatic rings. The first-order chi connectivity index (χ1) is 10.9. The highest BCUT2D eigenvalue weighted by Gasteiger charge is 2.30. The number of hydrogen-bond acceptors (Lipinski definition) is 3. The molecule has 130 valence electrons. The minimum Gasteiger partial charge on any atom is -0.374 e. The van der Waals surface area contributed by atoms with Crippen LogP contribution in [0.5, 0.6) is 0 Å². The third-order valence-electron chi connectivity index (χ3n) is 3.64. The molecule has 1 unspecified atom stereocenters. The van der Waals surface area contributed by atoms with Gasteiger partial charge in [0.1, 0.15) is 5.54 Å². The highest BCUT2D eigenvalue weighted by atomic mass is 35.5. The van der Waals surface area contributed by atoms with Gasteiger partial charge in [-0.1, -0.05) is 42.5 Å². The van der Waals surface area contributed by atoms with Crippen LogP contribution in [0.25, 0.3) is 0 Å². The Morgan fingerprint density at radius 2 is 1.71 bits per heavy atom. The van der Waals surface area contributed by atoms with E-state index in [4.69, 9.17) is 10.5 Å². The van der Waals surface area contributed by atoms with Crippen molar-refractivity contribution in [3.8, 4) is 0 Å². The van der Waals surface area contributed by atoms with Crippen molar-refractivity contribution in [2.75, 3.05) is 5.32 Å². The second-order valence-electron chi connectivity index (χ2n) is 6.08. The molecule has 0 heterocycles. The lowest BCUT2D eigenvalue weighted by atomic mass is 9.92. The van der Waals surface area contributed by atoms with E-state index in [0.29, 0.717) is 6.61 Å². The fourth-order valence-corrected chi connectivity index (χ4v) is 2.12. The number of nitrogens with two attached hydrogens (primary N) is 1. The van der Waals surface area contributed by atoms with Gasteiger partial charge in [-0.3, -0.25) is 4.79 Å². The van der Waals surface area contributed by atoms with E-state index in [0.717, 1.165) is 16.8 Å². The topological polar surface area (TPSA) is 64.3 Å². The lowest BCUT2D eigenvalue weighted by Gasteiger charge is -2.24. The summed E-state index contributed by atoms with van der Waals surface area (Å²) in [7, 11) is 0. The molecule has 2 aromatic carbocycles. The van der Waals surface area contributed by atoms with Crippen LogP contribution in [0.15, 0.2) is 54.6 Å². The Kier molecular flexibility index (Phi) is 7.42. The molecule has 0 aliphatic heterocycles. The van der Waals surface area contributed by atoms with E-state index in [1.807, 2.05) is 68.4 Å². The zero-order chi connectivity index (χ0) is 16.9. The van der Waals surface area contributed by atoms with Crippen LogP contribution in [0.4, 0.5) is 5.69 Å². The van der Waals surface area contributed by atoms with Gasteiger partial charge in [0.25, 0.3) is 0 Å². The van der Waals surface area contributed by atoms with Gasteiger partial charge in [-0.05, 0) is 44.0 Å². The third-order valence-corrected chi connectivity index (χ3v) is 3.64. The molecule has 0 aromatic heterocycles. The fourth-order valence-electron chi connectivity index (χ4n) is 2.12. The van der Waals surface area contributed by atoms with E-state index >= 15 is 0 Å². The summed E-state index contributed by atoms with van der Waals surface area (Å²) >= 11 is 0. The van der Waals surface area contributed by atoms with Crippen LogP contribution in [0.1, 0.15) is 31.9 Å². The van der Waals surface area contributed by atoms with Crippen molar-refractivity contribution in [1.29, 1.82) is 0 Å². The predicted octanol–water partition coefficient (Wildman–Crippen LogP) is 3.85. The Hall–Kier alpha value is -1.88. The zero-order valence-electron chi connectivity index (χ0n) is 14.3. The minimum absolute atomic E-state index is 0. The number of halogens is 1. The molecule has 0 saturated heterocycles. The molecule has 0 saturated carbocycles. The lowest BCUT2D eigenvalue weighted by molar-refractivity contribution is -0.120. The van der Waals surface area contributed by atoms with Crippen molar-refractivity contribution in [3.63, 3.8) is 0 Å². The largest absolute Gasteiger partial charge is 0.374 e. The summed E-state index contributed by atoms with van der Waals surface area (Å²) in [5, 5.41) is 2.87. The van der Waals surface area contributed by atoms with Crippen molar-refractivity contribution >= 4 is 24.0 Å². The molecule has 0 aliphatic rings. The number of anilines is 1. The Bertz CT molecular complexity index is 640. The number of rotatable bonds is 6. The molecule has 4 nitrogen and oxygen atoms in total. The molecular formula is C19H25ClN2O2. The van der Waals surface area contributed by atoms with Crippen molar-refractivity contribution in [2.24, 2.45) is 5.73 Å². The van der Waals surface area contributed by atoms with E-state index in [2.05, 4.69) is 5.32 Å². The average Bonchev–Trinajstić information content (AvgIpc) is 2.55. The van der Waals surface area contributed by atoms with E-state index in [9.17, 15) is 4.79 Å². The highest BCUT2D eigenvalue weighted by molar-refractivity contribution is 5.98. The standard InChI is InChI=1S/C19H24N2O2.ClH/c1-14(2)23-13-15-9-11-17(12-10-15)21-18(22)19(3,20)16-7-5-4-6-8-16;/h4-12,14H,13,20H2,1-3H3,(H,21,22);1H. The van der Waals surface area contributed by atoms with Gasteiger partial charge in [-0.2, -0.15) is 0 Å². The summed E-state index contributed by atoms with van der Waals surface area (Å²) in [5.41, 5.74) is 7.69. The van der Waals surface area contributed by atoms with Crippen LogP contribution < -0.4 is 11.1 Å². The fraction of sp³-hybridized carbons (Fsp3) is 0.316. The Labute approximate surface area is 149 Å². The summed E-state index contributed by atoms with van der Waals surface area (Å²) in [4.78, 5) is 12.5. The van der Waals surface area contributed by atoms with Gasteiger partial charge >= 0.3 is 0 Å². The average molecular weight is 349 g/mol. The monoisotopic (exact) mass is 348 g/mol. The first kappa shape index (κ1) is 20.2. The first-order valence-corrected chi connectivity index (χ1v) is 7.76. The summed E-state index contributed by atoms with van der Waals surface area (Å²) in [5.74, 6) is -0.241. The van der Waals surface area contributed by atoms with Gasteiger partial charge in [0.15, 0.2) is 0 Å². The van der Waals surface area contributed by atoms with Crippen molar-refractivity contribution in [1.82, 2.24) is 0 Å². The lowest BCUT2D eigenvalue weighted by Crippen LogP contribution is -2.45. The number of ether oxygens (including phenoxy) is 1. The van der Waals surface area contributed by atoms with Crippen molar-refractivity contribution in [2.45, 2.75) is 39.0 Å². The molecule has 0 aliphatic carbocycles. The molecule has 2 rings (SSSR count). The summed E-state index contributed by atoms with van der Waals surface area (Å²) < 4.78 is 5.55. The molecule has 0 radical (unpaired) electrons. The third kappa shape index (κ3) is 5.34. The van der Waals surface area contributed by atoms with Gasteiger partial charge in [-0.25, -0.2) is 0 Å². The van der Waals surface area contributed by atoms with Crippen LogP contribution in [-0.2, 0) is 21.7 Å². The maximum Gasteiger partial charge on any atom is 0.248 e. The predicted molar refractivity (Wildman–Crippen MR) is 100 cm³/mol. The molecule has 0 spiro atoms. The van der Waals surface area contributed by atoms with E-state index in [1.165, 1.54) is 0 Å². The molecular weight excluding hydrogens is 324 g/mol. The quantitative estimate of drug-likeness (QED) is 0.833. The van der Waals surface area contributed by atoms with Gasteiger partial charge in [0.2, 0.25) is 5.91 Å². The van der Waals surface area contributed by atoms with Crippen molar-refractivity contribution in [3.05, 3.63) is 65.7 Å². The van der Waals surface area contributed by atoms with E-state index in [-0.39, 0.29) is 24.4 Å². The number of hydrogen-bond donors (Lipinski definition) is 2. The minimum atomic E-state index is -1.08. The maximum absolute atomic E-state index is 12.5. The van der Waals surface area contributed by atoms with Crippen LogP contribution >= 0.6 is 12.4 Å². The van der Waals surface area contributed by atoms with E-state index in [1.54, 1.807) is 6.92 Å². The van der Waals surface area contributed by atoms with Gasteiger partial charge < -0.3 is 15.8 Å².